The summed E-state index contributed by atoms with van der Waals surface area (Å²) in [5.41, 5.74) is -1.04. The monoisotopic (exact) mass is 473 g/mol. The van der Waals surface area contributed by atoms with Gasteiger partial charge in [0.25, 0.3) is 6.43 Å². The van der Waals surface area contributed by atoms with E-state index in [1.54, 1.807) is 11.8 Å². The fourth-order valence-corrected chi connectivity index (χ4v) is 4.05. The number of anilines is 1. The van der Waals surface area contributed by atoms with Gasteiger partial charge in [0.2, 0.25) is 11.9 Å². The third-order valence-corrected chi connectivity index (χ3v) is 5.90. The van der Waals surface area contributed by atoms with Gasteiger partial charge in [-0.15, -0.1) is 0 Å². The van der Waals surface area contributed by atoms with Crippen LogP contribution in [0.2, 0.25) is 0 Å². The van der Waals surface area contributed by atoms with E-state index in [0.717, 1.165) is 4.90 Å². The standard InChI is InChI=1S/C20H24F5N7O/c1-2-13-16(12-9-27-31(10-12)11-15(33)30-7-4-26-5-8-30)28-19(29-17(13)20(23,24)25)32-6-3-14(32)18(21)22/h9-10,14,18,26H,2-8,11H2,1H3/t14-/m1/s1. The number of aromatic nitrogens is 4. The van der Waals surface area contributed by atoms with Gasteiger partial charge in [0.15, 0.2) is 5.69 Å². The molecule has 13 heteroatoms. The largest absolute Gasteiger partial charge is 0.433 e. The Morgan fingerprint density at radius 2 is 1.94 bits per heavy atom. The van der Waals surface area contributed by atoms with Crippen LogP contribution < -0.4 is 10.2 Å². The van der Waals surface area contributed by atoms with Gasteiger partial charge in [-0.25, -0.2) is 18.7 Å². The van der Waals surface area contributed by atoms with Crippen LogP contribution in [0.5, 0.6) is 0 Å². The quantitative estimate of drug-likeness (QED) is 0.649. The average Bonchev–Trinajstić information content (AvgIpc) is 3.20. The molecular weight excluding hydrogens is 449 g/mol. The van der Waals surface area contributed by atoms with E-state index in [4.69, 9.17) is 0 Å². The molecule has 0 aromatic carbocycles. The van der Waals surface area contributed by atoms with Crippen LogP contribution in [-0.4, -0.2) is 75.7 Å². The number of piperazine rings is 1. The van der Waals surface area contributed by atoms with Crippen molar-refractivity contribution in [1.29, 1.82) is 0 Å². The summed E-state index contributed by atoms with van der Waals surface area (Å²) >= 11 is 0. The minimum absolute atomic E-state index is 0.0180. The van der Waals surface area contributed by atoms with Crippen LogP contribution in [0.25, 0.3) is 11.3 Å². The molecule has 0 radical (unpaired) electrons. The molecule has 1 N–H and O–H groups in total. The first-order valence-corrected chi connectivity index (χ1v) is 10.7. The lowest BCUT2D eigenvalue weighted by atomic mass is 10.0. The minimum Gasteiger partial charge on any atom is -0.339 e. The Labute approximate surface area is 186 Å². The molecule has 2 saturated heterocycles. The zero-order valence-corrected chi connectivity index (χ0v) is 17.9. The molecule has 0 unspecified atom stereocenters. The molecule has 1 atom stereocenters. The number of carbonyl (C=O) groups is 1. The van der Waals surface area contributed by atoms with Crippen LogP contribution in [0.3, 0.4) is 0 Å². The molecule has 33 heavy (non-hydrogen) atoms. The van der Waals surface area contributed by atoms with Gasteiger partial charge >= 0.3 is 6.18 Å². The molecule has 2 fully saturated rings. The SMILES string of the molecule is CCc1c(-c2cnn(CC(=O)N3CCNCC3)c2)nc(N2CC[C@@H]2C(F)F)nc1C(F)(F)F. The summed E-state index contributed by atoms with van der Waals surface area (Å²) in [6.45, 7) is 4.14. The summed E-state index contributed by atoms with van der Waals surface area (Å²) in [7, 11) is 0. The molecule has 2 aromatic heterocycles. The summed E-state index contributed by atoms with van der Waals surface area (Å²) in [6, 6.07) is -1.22. The highest BCUT2D eigenvalue weighted by Crippen LogP contribution is 2.38. The van der Waals surface area contributed by atoms with Gasteiger partial charge < -0.3 is 15.1 Å². The van der Waals surface area contributed by atoms with Crippen molar-refractivity contribution in [3.63, 3.8) is 0 Å². The molecule has 2 aliphatic rings. The third-order valence-electron chi connectivity index (χ3n) is 5.90. The zero-order chi connectivity index (χ0) is 23.8. The smallest absolute Gasteiger partial charge is 0.339 e. The van der Waals surface area contributed by atoms with E-state index in [9.17, 15) is 26.7 Å². The summed E-state index contributed by atoms with van der Waals surface area (Å²) in [5, 5.41) is 7.27. The highest BCUT2D eigenvalue weighted by Gasteiger charge is 2.41. The molecule has 2 aromatic rings. The number of nitrogens with one attached hydrogen (secondary N) is 1. The van der Waals surface area contributed by atoms with E-state index in [1.165, 1.54) is 17.1 Å². The second kappa shape index (κ2) is 9.20. The lowest BCUT2D eigenvalue weighted by Crippen LogP contribution is -2.53. The number of halogens is 5. The number of hydrogen-bond acceptors (Lipinski definition) is 6. The molecule has 180 valence electrons. The number of nitrogens with zero attached hydrogens (tertiary/aromatic N) is 6. The first kappa shape index (κ1) is 23.3. The van der Waals surface area contributed by atoms with E-state index < -0.39 is 24.3 Å². The Balaban J connectivity index is 1.67. The number of rotatable bonds is 6. The first-order chi connectivity index (χ1) is 15.7. The van der Waals surface area contributed by atoms with Gasteiger partial charge in [-0.3, -0.25) is 9.48 Å². The number of amides is 1. The van der Waals surface area contributed by atoms with Crippen LogP contribution in [-0.2, 0) is 23.9 Å². The van der Waals surface area contributed by atoms with Gasteiger partial charge in [0, 0.05) is 50.0 Å². The van der Waals surface area contributed by atoms with Crippen molar-refractivity contribution in [2.24, 2.45) is 0 Å². The molecule has 0 bridgehead atoms. The zero-order valence-electron chi connectivity index (χ0n) is 17.9. The number of alkyl halides is 5. The Morgan fingerprint density at radius 1 is 1.21 bits per heavy atom. The second-order valence-corrected chi connectivity index (χ2v) is 7.99. The van der Waals surface area contributed by atoms with Gasteiger partial charge in [0.05, 0.1) is 17.9 Å². The number of carbonyl (C=O) groups excluding carboxylic acids is 1. The maximum absolute atomic E-state index is 13.8. The van der Waals surface area contributed by atoms with E-state index in [1.807, 2.05) is 0 Å². The predicted octanol–water partition coefficient (Wildman–Crippen LogP) is 2.20. The van der Waals surface area contributed by atoms with Crippen molar-refractivity contribution < 1.29 is 26.7 Å². The molecule has 2 aliphatic heterocycles. The molecule has 0 spiro atoms. The molecule has 4 rings (SSSR count). The van der Waals surface area contributed by atoms with Gasteiger partial charge in [-0.05, 0) is 12.8 Å². The Kier molecular flexibility index (Phi) is 6.50. The van der Waals surface area contributed by atoms with Gasteiger partial charge in [-0.1, -0.05) is 6.92 Å². The highest BCUT2D eigenvalue weighted by molar-refractivity contribution is 5.76. The van der Waals surface area contributed by atoms with E-state index in [2.05, 4.69) is 20.4 Å². The summed E-state index contributed by atoms with van der Waals surface area (Å²) < 4.78 is 69.2. The molecule has 4 heterocycles. The van der Waals surface area contributed by atoms with Crippen LogP contribution in [0.1, 0.15) is 24.6 Å². The molecular formula is C20H24F5N7O. The van der Waals surface area contributed by atoms with Crippen molar-refractivity contribution in [2.75, 3.05) is 37.6 Å². The average molecular weight is 473 g/mol. The summed E-state index contributed by atoms with van der Waals surface area (Å²) in [6.07, 6.45) is -4.59. The Morgan fingerprint density at radius 3 is 2.52 bits per heavy atom. The van der Waals surface area contributed by atoms with Crippen LogP contribution in [0.4, 0.5) is 27.9 Å². The van der Waals surface area contributed by atoms with Crippen LogP contribution in [0.15, 0.2) is 12.4 Å². The highest BCUT2D eigenvalue weighted by atomic mass is 19.4. The minimum atomic E-state index is -4.78. The Hall–Kier alpha value is -2.83. The maximum Gasteiger partial charge on any atom is 0.433 e. The lowest BCUT2D eigenvalue weighted by molar-refractivity contribution is -0.141. The first-order valence-electron chi connectivity index (χ1n) is 10.7. The normalized spacial score (nSPS) is 19.2. The van der Waals surface area contributed by atoms with Crippen molar-refractivity contribution in [1.82, 2.24) is 30.0 Å². The maximum atomic E-state index is 13.8. The van der Waals surface area contributed by atoms with Crippen LogP contribution in [0, 0.1) is 0 Å². The Bertz CT molecular complexity index is 1000. The van der Waals surface area contributed by atoms with Crippen molar-refractivity contribution in [2.45, 2.75) is 45.0 Å². The predicted molar refractivity (Wildman–Crippen MR) is 109 cm³/mol. The van der Waals surface area contributed by atoms with Crippen molar-refractivity contribution in [3.05, 3.63) is 23.7 Å². The third kappa shape index (κ3) is 4.77. The fraction of sp³-hybridized carbons (Fsp3) is 0.600. The topological polar surface area (TPSA) is 79.2 Å². The van der Waals surface area contributed by atoms with E-state index in [0.29, 0.717) is 26.2 Å². The lowest BCUT2D eigenvalue weighted by Gasteiger charge is -2.40. The summed E-state index contributed by atoms with van der Waals surface area (Å²) in [5.74, 6) is -0.530. The number of hydrogen-bond donors (Lipinski definition) is 1. The molecule has 0 saturated carbocycles. The molecule has 0 aliphatic carbocycles. The molecule has 1 amide bonds. The van der Waals surface area contributed by atoms with Crippen LogP contribution >= 0.6 is 0 Å². The van der Waals surface area contributed by atoms with E-state index in [-0.39, 0.29) is 54.6 Å². The molecule has 8 nitrogen and oxygen atoms in total. The van der Waals surface area contributed by atoms with Gasteiger partial charge in [-0.2, -0.15) is 18.3 Å². The van der Waals surface area contributed by atoms with Crippen molar-refractivity contribution in [3.8, 4) is 11.3 Å². The van der Waals surface area contributed by atoms with E-state index >= 15 is 0 Å². The fourth-order valence-electron chi connectivity index (χ4n) is 4.05. The van der Waals surface area contributed by atoms with Crippen molar-refractivity contribution >= 4 is 11.9 Å². The van der Waals surface area contributed by atoms with Gasteiger partial charge in [0.1, 0.15) is 6.54 Å². The second-order valence-electron chi connectivity index (χ2n) is 7.99. The summed E-state index contributed by atoms with van der Waals surface area (Å²) in [4.78, 5) is 23.2.